The predicted octanol–water partition coefficient (Wildman–Crippen LogP) is 3.47. The van der Waals surface area contributed by atoms with Gasteiger partial charge in [-0.15, -0.1) is 0 Å². The first kappa shape index (κ1) is 10.3. The van der Waals surface area contributed by atoms with E-state index in [1.165, 1.54) is 5.56 Å². The van der Waals surface area contributed by atoms with Crippen molar-refractivity contribution in [3.05, 3.63) is 37.7 Å². The van der Waals surface area contributed by atoms with E-state index in [9.17, 15) is 0 Å². The topological polar surface area (TPSA) is 41.8 Å². The number of anilines is 1. The van der Waals surface area contributed by atoms with Crippen LogP contribution in [-0.4, -0.2) is 4.98 Å². The van der Waals surface area contributed by atoms with Gasteiger partial charge < -0.3 is 10.7 Å². The molecule has 2 rings (SSSR count). The summed E-state index contributed by atoms with van der Waals surface area (Å²) in [5.74, 6) is 0. The zero-order chi connectivity index (χ0) is 10.1. The lowest BCUT2D eigenvalue weighted by molar-refractivity contribution is 1.31. The SMILES string of the molecule is Nc1ccccc1-c1cc(I)[nH]c1I. The van der Waals surface area contributed by atoms with Crippen LogP contribution in [0.1, 0.15) is 0 Å². The van der Waals surface area contributed by atoms with Gasteiger partial charge in [0.05, 0.1) is 7.40 Å². The van der Waals surface area contributed by atoms with Crippen LogP contribution in [0.5, 0.6) is 0 Å². The fourth-order valence-corrected chi connectivity index (χ4v) is 3.17. The largest absolute Gasteiger partial charge is 0.398 e. The molecule has 0 aliphatic rings. The first-order valence-electron chi connectivity index (χ1n) is 4.07. The van der Waals surface area contributed by atoms with Crippen molar-refractivity contribution in [2.75, 3.05) is 5.73 Å². The predicted molar refractivity (Wildman–Crippen MR) is 76.1 cm³/mol. The fourth-order valence-electron chi connectivity index (χ4n) is 1.34. The highest BCUT2D eigenvalue weighted by atomic mass is 127. The number of hydrogen-bond donors (Lipinski definition) is 2. The van der Waals surface area contributed by atoms with Crippen molar-refractivity contribution in [1.82, 2.24) is 4.98 Å². The highest BCUT2D eigenvalue weighted by Crippen LogP contribution is 2.30. The van der Waals surface area contributed by atoms with E-state index in [1.54, 1.807) is 0 Å². The summed E-state index contributed by atoms with van der Waals surface area (Å²) < 4.78 is 2.26. The molecule has 0 saturated carbocycles. The Morgan fingerprint density at radius 2 is 1.79 bits per heavy atom. The van der Waals surface area contributed by atoms with E-state index in [4.69, 9.17) is 5.73 Å². The third-order valence-corrected chi connectivity index (χ3v) is 3.42. The van der Waals surface area contributed by atoms with Gasteiger partial charge in [0.15, 0.2) is 0 Å². The standard InChI is InChI=1S/C10H8I2N2/c11-9-5-7(10(12)14-9)6-3-1-2-4-8(6)13/h1-5,14H,13H2. The second-order valence-corrected chi connectivity index (χ2v) is 5.17. The quantitative estimate of drug-likeness (QED) is 0.549. The van der Waals surface area contributed by atoms with Crippen LogP contribution in [0.25, 0.3) is 11.1 Å². The number of nitrogens with two attached hydrogens (primary N) is 1. The number of nitrogen functional groups attached to an aromatic ring is 1. The van der Waals surface area contributed by atoms with Crippen molar-refractivity contribution in [2.45, 2.75) is 0 Å². The molecule has 0 radical (unpaired) electrons. The number of rotatable bonds is 1. The molecule has 0 amide bonds. The monoisotopic (exact) mass is 410 g/mol. The Kier molecular flexibility index (Phi) is 3.01. The van der Waals surface area contributed by atoms with E-state index >= 15 is 0 Å². The van der Waals surface area contributed by atoms with E-state index in [0.29, 0.717) is 0 Å². The van der Waals surface area contributed by atoms with E-state index < -0.39 is 0 Å². The van der Waals surface area contributed by atoms with Gasteiger partial charge in [-0.25, -0.2) is 0 Å². The van der Waals surface area contributed by atoms with Gasteiger partial charge in [0.25, 0.3) is 0 Å². The summed E-state index contributed by atoms with van der Waals surface area (Å²) in [7, 11) is 0. The lowest BCUT2D eigenvalue weighted by Gasteiger charge is -2.02. The molecule has 1 aromatic carbocycles. The maximum absolute atomic E-state index is 5.91. The molecule has 0 aliphatic carbocycles. The minimum atomic E-state index is 0.820. The van der Waals surface area contributed by atoms with Crippen LogP contribution in [0, 0.1) is 7.40 Å². The molecular formula is C10H8I2N2. The summed E-state index contributed by atoms with van der Waals surface area (Å²) in [6.07, 6.45) is 0. The lowest BCUT2D eigenvalue weighted by Crippen LogP contribution is -1.89. The van der Waals surface area contributed by atoms with Crippen molar-refractivity contribution >= 4 is 50.9 Å². The lowest BCUT2D eigenvalue weighted by atomic mass is 10.1. The van der Waals surface area contributed by atoms with Crippen LogP contribution in [0.15, 0.2) is 30.3 Å². The highest BCUT2D eigenvalue weighted by molar-refractivity contribution is 14.1. The van der Waals surface area contributed by atoms with Crippen molar-refractivity contribution in [3.63, 3.8) is 0 Å². The Labute approximate surface area is 110 Å². The molecule has 3 N–H and O–H groups in total. The summed E-state index contributed by atoms with van der Waals surface area (Å²) in [4.78, 5) is 3.25. The van der Waals surface area contributed by atoms with Gasteiger partial charge in [-0.05, 0) is 57.3 Å². The molecular weight excluding hydrogens is 402 g/mol. The number of nitrogens with one attached hydrogen (secondary N) is 1. The van der Waals surface area contributed by atoms with Crippen LogP contribution < -0.4 is 5.73 Å². The zero-order valence-electron chi connectivity index (χ0n) is 7.22. The molecule has 0 bridgehead atoms. The summed E-state index contributed by atoms with van der Waals surface area (Å²) in [5, 5.41) is 0. The van der Waals surface area contributed by atoms with Crippen LogP contribution in [0.2, 0.25) is 0 Å². The second kappa shape index (κ2) is 4.09. The first-order chi connectivity index (χ1) is 6.68. The Morgan fingerprint density at radius 1 is 1.07 bits per heavy atom. The van der Waals surface area contributed by atoms with Crippen molar-refractivity contribution < 1.29 is 0 Å². The van der Waals surface area contributed by atoms with Gasteiger partial charge in [-0.1, -0.05) is 18.2 Å². The summed E-state index contributed by atoms with van der Waals surface area (Å²) in [6, 6.07) is 10.0. The van der Waals surface area contributed by atoms with Gasteiger partial charge in [0.1, 0.15) is 0 Å². The third kappa shape index (κ3) is 1.90. The van der Waals surface area contributed by atoms with Gasteiger partial charge in [0, 0.05) is 16.8 Å². The molecule has 4 heteroatoms. The molecule has 0 atom stereocenters. The molecule has 0 fully saturated rings. The van der Waals surface area contributed by atoms with Gasteiger partial charge in [0.2, 0.25) is 0 Å². The molecule has 2 nitrogen and oxygen atoms in total. The van der Waals surface area contributed by atoms with Gasteiger partial charge in [-0.3, -0.25) is 0 Å². The van der Waals surface area contributed by atoms with Gasteiger partial charge in [-0.2, -0.15) is 0 Å². The smallest absolute Gasteiger partial charge is 0.0860 e. The molecule has 1 aromatic heterocycles. The van der Waals surface area contributed by atoms with Gasteiger partial charge >= 0.3 is 0 Å². The van der Waals surface area contributed by atoms with E-state index in [1.807, 2.05) is 24.3 Å². The Hall–Kier alpha value is -0.240. The van der Waals surface area contributed by atoms with Crippen LogP contribution in [0.3, 0.4) is 0 Å². The molecule has 0 unspecified atom stereocenters. The Morgan fingerprint density at radius 3 is 2.36 bits per heavy atom. The normalized spacial score (nSPS) is 10.4. The van der Waals surface area contributed by atoms with E-state index in [0.717, 1.165) is 18.7 Å². The number of benzene rings is 1. The van der Waals surface area contributed by atoms with Crippen molar-refractivity contribution in [3.8, 4) is 11.1 Å². The number of para-hydroxylation sites is 1. The molecule has 72 valence electrons. The highest BCUT2D eigenvalue weighted by Gasteiger charge is 2.08. The Balaban J connectivity index is 2.60. The van der Waals surface area contributed by atoms with E-state index in [2.05, 4.69) is 56.2 Å². The average Bonchev–Trinajstić information content (AvgIpc) is 2.46. The summed E-state index contributed by atoms with van der Waals surface area (Å²) >= 11 is 4.55. The molecule has 0 spiro atoms. The van der Waals surface area contributed by atoms with Crippen LogP contribution in [-0.2, 0) is 0 Å². The number of halogens is 2. The molecule has 1 heterocycles. The minimum Gasteiger partial charge on any atom is -0.398 e. The third-order valence-electron chi connectivity index (χ3n) is 1.99. The number of aromatic amines is 1. The second-order valence-electron chi connectivity index (χ2n) is 2.93. The van der Waals surface area contributed by atoms with Crippen LogP contribution in [0.4, 0.5) is 5.69 Å². The Bertz CT molecular complexity index is 463. The van der Waals surface area contributed by atoms with Crippen molar-refractivity contribution in [2.24, 2.45) is 0 Å². The molecule has 14 heavy (non-hydrogen) atoms. The summed E-state index contributed by atoms with van der Waals surface area (Å²) in [6.45, 7) is 0. The maximum atomic E-state index is 5.91. The van der Waals surface area contributed by atoms with E-state index in [-0.39, 0.29) is 0 Å². The maximum Gasteiger partial charge on any atom is 0.0860 e. The average molecular weight is 410 g/mol. The number of H-pyrrole nitrogens is 1. The number of aromatic nitrogens is 1. The fraction of sp³-hybridized carbons (Fsp3) is 0. The number of hydrogen-bond acceptors (Lipinski definition) is 1. The first-order valence-corrected chi connectivity index (χ1v) is 6.23. The minimum absolute atomic E-state index is 0.820. The molecule has 0 saturated heterocycles. The zero-order valence-corrected chi connectivity index (χ0v) is 11.5. The van der Waals surface area contributed by atoms with Crippen molar-refractivity contribution in [1.29, 1.82) is 0 Å². The molecule has 0 aliphatic heterocycles. The summed E-state index contributed by atoms with van der Waals surface area (Å²) in [5.41, 5.74) is 9.00. The molecule has 2 aromatic rings. The van der Waals surface area contributed by atoms with Crippen LogP contribution >= 0.6 is 45.2 Å².